The Balaban J connectivity index is 2.07. The first-order valence-corrected chi connectivity index (χ1v) is 6.26. The fourth-order valence-electron chi connectivity index (χ4n) is 1.87. The van der Waals surface area contributed by atoms with E-state index in [1.165, 1.54) is 0 Å². The van der Waals surface area contributed by atoms with Gasteiger partial charge >= 0.3 is 6.18 Å². The molecule has 1 aromatic heterocycles. The van der Waals surface area contributed by atoms with E-state index in [-0.39, 0.29) is 6.54 Å². The molecule has 1 atom stereocenters. The van der Waals surface area contributed by atoms with Gasteiger partial charge in [0.05, 0.1) is 24.4 Å². The Bertz CT molecular complexity index is 561. The highest BCUT2D eigenvalue weighted by molar-refractivity contribution is 5.24. The van der Waals surface area contributed by atoms with Gasteiger partial charge in [0.15, 0.2) is 0 Å². The molecular weight excluding hydrogens is 269 g/mol. The zero-order valence-corrected chi connectivity index (χ0v) is 10.9. The number of hydrogen-bond donors (Lipinski definition) is 1. The number of aromatic nitrogens is 2. The van der Waals surface area contributed by atoms with E-state index in [4.69, 9.17) is 0 Å². The lowest BCUT2D eigenvalue weighted by Gasteiger charge is -2.11. The number of halogens is 3. The Hall–Kier alpha value is -1.82. The highest BCUT2D eigenvalue weighted by Gasteiger charge is 2.32. The highest BCUT2D eigenvalue weighted by atomic mass is 19.4. The quantitative estimate of drug-likeness (QED) is 0.936. The molecule has 1 heterocycles. The first-order chi connectivity index (χ1) is 9.40. The van der Waals surface area contributed by atoms with Gasteiger partial charge in [0.2, 0.25) is 0 Å². The van der Waals surface area contributed by atoms with Crippen LogP contribution < -0.4 is 0 Å². The van der Waals surface area contributed by atoms with E-state index in [0.29, 0.717) is 5.56 Å². The Morgan fingerprint density at radius 3 is 2.40 bits per heavy atom. The Morgan fingerprint density at radius 1 is 1.25 bits per heavy atom. The van der Waals surface area contributed by atoms with E-state index in [0.717, 1.165) is 29.1 Å². The molecule has 0 amide bonds. The number of rotatable bonds is 4. The van der Waals surface area contributed by atoms with Gasteiger partial charge < -0.3 is 5.11 Å². The van der Waals surface area contributed by atoms with Crippen LogP contribution in [0.1, 0.15) is 29.7 Å². The Labute approximate surface area is 114 Å². The van der Waals surface area contributed by atoms with Crippen molar-refractivity contribution in [3.05, 3.63) is 53.3 Å². The molecule has 0 aliphatic rings. The molecule has 1 aromatic carbocycles. The Morgan fingerprint density at radius 2 is 1.90 bits per heavy atom. The van der Waals surface area contributed by atoms with Crippen molar-refractivity contribution in [1.82, 2.24) is 9.78 Å². The second-order valence-electron chi connectivity index (χ2n) is 4.56. The van der Waals surface area contributed by atoms with Gasteiger partial charge in [-0.2, -0.15) is 18.3 Å². The second kappa shape index (κ2) is 5.66. The second-order valence-corrected chi connectivity index (χ2v) is 4.56. The van der Waals surface area contributed by atoms with Crippen LogP contribution in [0, 0.1) is 0 Å². The molecule has 0 spiro atoms. The van der Waals surface area contributed by atoms with E-state index >= 15 is 0 Å². The highest BCUT2D eigenvalue weighted by Crippen LogP contribution is 2.28. The summed E-state index contributed by atoms with van der Waals surface area (Å²) in [5.41, 5.74) is 0.983. The average Bonchev–Trinajstić information content (AvgIpc) is 2.87. The number of aryl methyl sites for hydroxylation is 1. The van der Waals surface area contributed by atoms with Gasteiger partial charge in [0.1, 0.15) is 0 Å². The third kappa shape index (κ3) is 3.39. The molecule has 3 nitrogen and oxygen atoms in total. The van der Waals surface area contributed by atoms with Crippen molar-refractivity contribution >= 4 is 0 Å². The van der Waals surface area contributed by atoms with E-state index in [9.17, 15) is 18.3 Å². The molecule has 1 unspecified atom stereocenters. The monoisotopic (exact) mass is 284 g/mol. The van der Waals surface area contributed by atoms with Crippen LogP contribution in [-0.2, 0) is 19.1 Å². The first-order valence-electron chi connectivity index (χ1n) is 6.26. The zero-order valence-electron chi connectivity index (χ0n) is 10.9. The standard InChI is InChI=1S/C14H15F3N2O/c1-2-10-3-5-11(6-4-10)13(20)9-19-8-12(7-18-19)14(15,16)17/h3-8,13,20H,2,9H2,1H3. The van der Waals surface area contributed by atoms with E-state index < -0.39 is 17.8 Å². The Kier molecular flexibility index (Phi) is 4.13. The number of aliphatic hydroxyl groups excluding tert-OH is 1. The molecule has 0 aliphatic carbocycles. The molecule has 20 heavy (non-hydrogen) atoms. The normalized spacial score (nSPS) is 13.4. The summed E-state index contributed by atoms with van der Waals surface area (Å²) in [6.45, 7) is 2.01. The number of benzene rings is 1. The summed E-state index contributed by atoms with van der Waals surface area (Å²) in [6.07, 6.45) is -2.76. The molecule has 0 saturated carbocycles. The van der Waals surface area contributed by atoms with Gasteiger partial charge in [-0.05, 0) is 17.5 Å². The molecule has 1 N–H and O–H groups in total. The van der Waals surface area contributed by atoms with Gasteiger partial charge in [-0.3, -0.25) is 4.68 Å². The number of alkyl halides is 3. The summed E-state index contributed by atoms with van der Waals surface area (Å²) in [5, 5.41) is 13.6. The molecule has 108 valence electrons. The maximum absolute atomic E-state index is 12.4. The number of hydrogen-bond acceptors (Lipinski definition) is 2. The molecule has 2 rings (SSSR count). The lowest BCUT2D eigenvalue weighted by molar-refractivity contribution is -0.137. The maximum Gasteiger partial charge on any atom is 0.419 e. The molecule has 0 saturated heterocycles. The van der Waals surface area contributed by atoms with Crippen LogP contribution in [0.3, 0.4) is 0 Å². The third-order valence-electron chi connectivity index (χ3n) is 3.09. The van der Waals surface area contributed by atoms with Crippen molar-refractivity contribution in [1.29, 1.82) is 0 Å². The fourth-order valence-corrected chi connectivity index (χ4v) is 1.87. The number of nitrogens with zero attached hydrogens (tertiary/aromatic N) is 2. The van der Waals surface area contributed by atoms with Crippen molar-refractivity contribution in [3.63, 3.8) is 0 Å². The van der Waals surface area contributed by atoms with Gasteiger partial charge in [-0.15, -0.1) is 0 Å². The van der Waals surface area contributed by atoms with Crippen LogP contribution in [0.4, 0.5) is 13.2 Å². The summed E-state index contributed by atoms with van der Waals surface area (Å²) >= 11 is 0. The summed E-state index contributed by atoms with van der Waals surface area (Å²) < 4.78 is 38.4. The molecule has 0 radical (unpaired) electrons. The summed E-state index contributed by atoms with van der Waals surface area (Å²) in [5.74, 6) is 0. The van der Waals surface area contributed by atoms with Crippen LogP contribution >= 0.6 is 0 Å². The van der Waals surface area contributed by atoms with Crippen LogP contribution in [0.2, 0.25) is 0 Å². The fraction of sp³-hybridized carbons (Fsp3) is 0.357. The van der Waals surface area contributed by atoms with Crippen LogP contribution in [0.25, 0.3) is 0 Å². The summed E-state index contributed by atoms with van der Waals surface area (Å²) in [6, 6.07) is 7.33. The molecule has 0 fully saturated rings. The minimum absolute atomic E-state index is 0.0123. The molecule has 0 bridgehead atoms. The van der Waals surface area contributed by atoms with Gasteiger partial charge in [-0.1, -0.05) is 31.2 Å². The van der Waals surface area contributed by atoms with E-state index in [1.54, 1.807) is 12.1 Å². The van der Waals surface area contributed by atoms with Crippen molar-refractivity contribution in [2.75, 3.05) is 0 Å². The predicted octanol–water partition coefficient (Wildman–Crippen LogP) is 3.20. The smallest absolute Gasteiger partial charge is 0.386 e. The lowest BCUT2D eigenvalue weighted by atomic mass is 10.1. The average molecular weight is 284 g/mol. The summed E-state index contributed by atoms with van der Waals surface area (Å²) in [4.78, 5) is 0. The lowest BCUT2D eigenvalue weighted by Crippen LogP contribution is -2.09. The molecular formula is C14H15F3N2O. The van der Waals surface area contributed by atoms with Crippen LogP contribution in [-0.4, -0.2) is 14.9 Å². The zero-order chi connectivity index (χ0) is 14.8. The van der Waals surface area contributed by atoms with Crippen molar-refractivity contribution < 1.29 is 18.3 Å². The maximum atomic E-state index is 12.4. The van der Waals surface area contributed by atoms with Crippen molar-refractivity contribution in [3.8, 4) is 0 Å². The first kappa shape index (κ1) is 14.6. The topological polar surface area (TPSA) is 38.0 Å². The minimum Gasteiger partial charge on any atom is -0.386 e. The SMILES string of the molecule is CCc1ccc(C(O)Cn2cc(C(F)(F)F)cn2)cc1. The predicted molar refractivity (Wildman–Crippen MR) is 68.0 cm³/mol. The molecule has 6 heteroatoms. The molecule has 0 aliphatic heterocycles. The largest absolute Gasteiger partial charge is 0.419 e. The summed E-state index contributed by atoms with van der Waals surface area (Å²) in [7, 11) is 0. The number of aliphatic hydroxyl groups is 1. The van der Waals surface area contributed by atoms with E-state index in [2.05, 4.69) is 5.10 Å². The third-order valence-corrected chi connectivity index (χ3v) is 3.09. The minimum atomic E-state index is -4.41. The van der Waals surface area contributed by atoms with Gasteiger partial charge in [0.25, 0.3) is 0 Å². The van der Waals surface area contributed by atoms with Gasteiger partial charge in [-0.25, -0.2) is 0 Å². The van der Waals surface area contributed by atoms with Gasteiger partial charge in [0, 0.05) is 6.20 Å². The van der Waals surface area contributed by atoms with Crippen molar-refractivity contribution in [2.45, 2.75) is 32.2 Å². The van der Waals surface area contributed by atoms with Crippen molar-refractivity contribution in [2.24, 2.45) is 0 Å². The van der Waals surface area contributed by atoms with E-state index in [1.807, 2.05) is 19.1 Å². The molecule has 2 aromatic rings. The van der Waals surface area contributed by atoms with Crippen LogP contribution in [0.5, 0.6) is 0 Å². The van der Waals surface area contributed by atoms with Crippen LogP contribution in [0.15, 0.2) is 36.7 Å².